The lowest BCUT2D eigenvalue weighted by atomic mass is 10.1. The molecule has 5 rings (SSSR count). The van der Waals surface area contributed by atoms with Gasteiger partial charge in [0.25, 0.3) is 5.62 Å². The standard InChI is InChI=1S/C20H16F4N8O2/c21-12-4-9(3-11(6-12)20(22,23)24)7-25-17-29-15-10(5-14-16(33)30-19(34)28-14)8-26-32(15)18(31-17)27-13-1-2-13/h3-6,8,13,33H,1-2,7H2,(H,25,27,31)(H2,28,30,34). The predicted octanol–water partition coefficient (Wildman–Crippen LogP) is 1.23. The molecule has 0 unspecified atom stereocenters. The molecule has 0 atom stereocenters. The lowest BCUT2D eigenvalue weighted by molar-refractivity contribution is -0.137. The Morgan fingerprint density at radius 3 is 2.71 bits per heavy atom. The number of aromatic amines is 2. The Morgan fingerprint density at radius 1 is 1.24 bits per heavy atom. The molecule has 1 saturated carbocycles. The Kier molecular flexibility index (Phi) is 5.06. The van der Waals surface area contributed by atoms with Gasteiger partial charge >= 0.3 is 11.9 Å². The monoisotopic (exact) mass is 476 g/mol. The van der Waals surface area contributed by atoms with Gasteiger partial charge in [0.15, 0.2) is 5.65 Å². The summed E-state index contributed by atoms with van der Waals surface area (Å²) in [5, 5.41) is 17.3. The zero-order valence-corrected chi connectivity index (χ0v) is 17.2. The molecule has 4 N–H and O–H groups in total. The predicted molar refractivity (Wildman–Crippen MR) is 110 cm³/mol. The van der Waals surface area contributed by atoms with Crippen LogP contribution < -0.4 is 21.8 Å². The van der Waals surface area contributed by atoms with Crippen LogP contribution in [0.15, 0.2) is 34.2 Å². The molecule has 10 nitrogen and oxygen atoms in total. The molecule has 1 fully saturated rings. The molecule has 0 radical (unpaired) electrons. The van der Waals surface area contributed by atoms with Crippen LogP contribution in [0.3, 0.4) is 0 Å². The van der Waals surface area contributed by atoms with Gasteiger partial charge in [0.05, 0.1) is 17.8 Å². The van der Waals surface area contributed by atoms with Crippen LogP contribution in [-0.2, 0) is 12.7 Å². The molecule has 4 aromatic rings. The summed E-state index contributed by atoms with van der Waals surface area (Å²) in [6.45, 7) is -0.182. The number of fused-ring (bicyclic) bond motifs is 1. The number of rotatable bonds is 5. The number of imidazole rings is 1. The minimum absolute atomic E-state index is 0.0339. The van der Waals surface area contributed by atoms with Crippen molar-refractivity contribution in [1.82, 2.24) is 29.5 Å². The largest absolute Gasteiger partial charge is 0.493 e. The molecule has 34 heavy (non-hydrogen) atoms. The number of benzene rings is 1. The highest BCUT2D eigenvalue weighted by atomic mass is 19.4. The van der Waals surface area contributed by atoms with Crippen LogP contribution in [0.5, 0.6) is 5.88 Å². The van der Waals surface area contributed by atoms with Gasteiger partial charge in [-0.05, 0) is 42.7 Å². The van der Waals surface area contributed by atoms with E-state index in [0.29, 0.717) is 11.3 Å². The van der Waals surface area contributed by atoms with E-state index in [9.17, 15) is 27.5 Å². The maximum Gasteiger partial charge on any atom is 0.416 e. The minimum atomic E-state index is -4.68. The molecule has 1 aromatic carbocycles. The van der Waals surface area contributed by atoms with Crippen molar-refractivity contribution in [2.24, 2.45) is 4.99 Å². The fourth-order valence-corrected chi connectivity index (χ4v) is 3.26. The van der Waals surface area contributed by atoms with Gasteiger partial charge in [-0.2, -0.15) is 32.8 Å². The van der Waals surface area contributed by atoms with Crippen LogP contribution in [-0.4, -0.2) is 40.7 Å². The van der Waals surface area contributed by atoms with Crippen molar-refractivity contribution in [3.05, 3.63) is 68.4 Å². The van der Waals surface area contributed by atoms with Gasteiger partial charge in [-0.1, -0.05) is 0 Å². The molecular formula is C20H16F4N8O2. The molecule has 0 bridgehead atoms. The molecule has 0 saturated heterocycles. The average Bonchev–Trinajstić information content (AvgIpc) is 3.39. The molecule has 1 aliphatic rings. The highest BCUT2D eigenvalue weighted by Gasteiger charge is 2.31. The number of H-pyrrole nitrogens is 2. The number of aromatic hydroxyl groups is 1. The Bertz CT molecular complexity index is 1570. The molecule has 0 amide bonds. The number of hydrogen-bond donors (Lipinski definition) is 4. The van der Waals surface area contributed by atoms with Crippen LogP contribution >= 0.6 is 0 Å². The fraction of sp³-hybridized carbons (Fsp3) is 0.250. The number of halogens is 4. The first-order valence-corrected chi connectivity index (χ1v) is 10.1. The van der Waals surface area contributed by atoms with E-state index < -0.39 is 23.2 Å². The number of hydrogen-bond acceptors (Lipinski definition) is 7. The first kappa shape index (κ1) is 21.6. The lowest BCUT2D eigenvalue weighted by Gasteiger charge is -2.10. The van der Waals surface area contributed by atoms with Crippen molar-refractivity contribution < 1.29 is 22.7 Å². The van der Waals surface area contributed by atoms with Crippen LogP contribution in [0, 0.1) is 5.82 Å². The normalized spacial score (nSPS) is 15.4. The van der Waals surface area contributed by atoms with E-state index in [1.807, 2.05) is 0 Å². The summed E-state index contributed by atoms with van der Waals surface area (Å²) in [6, 6.07) is 2.32. The van der Waals surface area contributed by atoms with Gasteiger partial charge in [0.1, 0.15) is 11.5 Å². The van der Waals surface area contributed by atoms with Gasteiger partial charge in [-0.3, -0.25) is 4.98 Å². The quantitative estimate of drug-likeness (QED) is 0.320. The maximum atomic E-state index is 13.7. The molecule has 14 heteroatoms. The Balaban J connectivity index is 1.55. The van der Waals surface area contributed by atoms with E-state index in [1.54, 1.807) is 0 Å². The number of nitrogens with zero attached hydrogens (tertiary/aromatic N) is 5. The van der Waals surface area contributed by atoms with Gasteiger partial charge in [-0.25, -0.2) is 14.2 Å². The van der Waals surface area contributed by atoms with Gasteiger partial charge < -0.3 is 15.4 Å². The second kappa shape index (κ2) is 7.97. The number of alkyl halides is 3. The van der Waals surface area contributed by atoms with Crippen molar-refractivity contribution in [3.63, 3.8) is 0 Å². The van der Waals surface area contributed by atoms with E-state index in [-0.39, 0.29) is 46.9 Å². The highest BCUT2D eigenvalue weighted by molar-refractivity contribution is 5.57. The third-order valence-electron chi connectivity index (χ3n) is 4.99. The number of nitrogens with one attached hydrogen (secondary N) is 3. The van der Waals surface area contributed by atoms with Gasteiger partial charge in [0.2, 0.25) is 11.8 Å². The van der Waals surface area contributed by atoms with E-state index in [4.69, 9.17) is 0 Å². The van der Waals surface area contributed by atoms with Crippen molar-refractivity contribution in [1.29, 1.82) is 0 Å². The second-order valence-corrected chi connectivity index (χ2v) is 7.73. The zero-order chi connectivity index (χ0) is 24.0. The Morgan fingerprint density at radius 2 is 2.03 bits per heavy atom. The molecular weight excluding hydrogens is 460 g/mol. The van der Waals surface area contributed by atoms with Crippen LogP contribution in [0.25, 0.3) is 11.7 Å². The summed E-state index contributed by atoms with van der Waals surface area (Å²) in [6.07, 6.45) is -0.0370. The lowest BCUT2D eigenvalue weighted by Crippen LogP contribution is -2.24. The van der Waals surface area contributed by atoms with E-state index >= 15 is 0 Å². The highest BCUT2D eigenvalue weighted by Crippen LogP contribution is 2.30. The number of anilines is 1. The fourth-order valence-electron chi connectivity index (χ4n) is 3.26. The molecule has 1 aliphatic carbocycles. The van der Waals surface area contributed by atoms with Gasteiger partial charge in [-0.15, -0.1) is 0 Å². The SMILES string of the molecule is O=c1[nH]c(O)c(C=c2cnn3c(=NC4CC4)nc(NCc4cc(F)cc(C(F)(F)F)c4)nc23)[nH]1. The van der Waals surface area contributed by atoms with Crippen molar-refractivity contribution >= 4 is 17.7 Å². The topological polar surface area (TPSA) is 136 Å². The smallest absolute Gasteiger partial charge is 0.416 e. The van der Waals surface area contributed by atoms with E-state index in [1.165, 1.54) is 16.8 Å². The van der Waals surface area contributed by atoms with Crippen LogP contribution in [0.2, 0.25) is 0 Å². The van der Waals surface area contributed by atoms with Crippen LogP contribution in [0.4, 0.5) is 23.5 Å². The second-order valence-electron chi connectivity index (χ2n) is 7.73. The van der Waals surface area contributed by atoms with Crippen molar-refractivity contribution in [3.8, 4) is 5.88 Å². The molecule has 0 aliphatic heterocycles. The summed E-state index contributed by atoms with van der Waals surface area (Å²) in [7, 11) is 0. The van der Waals surface area contributed by atoms with E-state index in [0.717, 1.165) is 25.0 Å². The summed E-state index contributed by atoms with van der Waals surface area (Å²) in [4.78, 5) is 29.2. The van der Waals surface area contributed by atoms with E-state index in [2.05, 4.69) is 35.3 Å². The first-order chi connectivity index (χ1) is 16.2. The molecule has 3 aromatic heterocycles. The first-order valence-electron chi connectivity index (χ1n) is 10.1. The summed E-state index contributed by atoms with van der Waals surface area (Å²) in [5.74, 6) is -1.35. The molecule has 176 valence electrons. The summed E-state index contributed by atoms with van der Waals surface area (Å²) in [5.41, 5.74) is -1.06. The zero-order valence-electron chi connectivity index (χ0n) is 17.2. The van der Waals surface area contributed by atoms with Crippen molar-refractivity contribution in [2.45, 2.75) is 31.6 Å². The van der Waals surface area contributed by atoms with Gasteiger partial charge in [0, 0.05) is 11.8 Å². The summed E-state index contributed by atoms with van der Waals surface area (Å²) < 4.78 is 54.1. The maximum absolute atomic E-state index is 13.7. The Labute approximate surface area is 186 Å². The third-order valence-corrected chi connectivity index (χ3v) is 4.99. The third kappa shape index (κ3) is 4.46. The minimum Gasteiger partial charge on any atom is -0.493 e. The van der Waals surface area contributed by atoms with Crippen molar-refractivity contribution in [2.75, 3.05) is 5.32 Å². The molecule has 0 spiro atoms. The summed E-state index contributed by atoms with van der Waals surface area (Å²) >= 11 is 0. The average molecular weight is 476 g/mol. The number of aromatic nitrogens is 6. The van der Waals surface area contributed by atoms with Crippen LogP contribution in [0.1, 0.15) is 29.7 Å². The molecule has 3 heterocycles. The Hall–Kier alpha value is -4.23.